The summed E-state index contributed by atoms with van der Waals surface area (Å²) in [7, 11) is -3.54. The molecule has 4 nitrogen and oxygen atoms in total. The molecule has 0 heterocycles. The first-order chi connectivity index (χ1) is 6.51. The van der Waals surface area contributed by atoms with Crippen LogP contribution in [0.4, 0.5) is 0 Å². The Labute approximate surface area is 93.9 Å². The van der Waals surface area contributed by atoms with Crippen LogP contribution in [0.5, 0.6) is 0 Å². The molecule has 15 heavy (non-hydrogen) atoms. The molecule has 0 unspecified atom stereocenters. The lowest BCUT2D eigenvalue weighted by molar-refractivity contribution is -0.127. The second-order valence-corrected chi connectivity index (χ2v) is 14.2. The van der Waals surface area contributed by atoms with Crippen molar-refractivity contribution in [3.05, 3.63) is 0 Å². The lowest BCUT2D eigenvalue weighted by Crippen LogP contribution is -2.33. The van der Waals surface area contributed by atoms with Crippen LogP contribution in [0.15, 0.2) is 5.16 Å². The molecule has 6 heteroatoms. The molecule has 0 rings (SSSR count). The minimum absolute atomic E-state index is 0.292. The maximum absolute atomic E-state index is 11.5. The predicted molar refractivity (Wildman–Crippen MR) is 67.0 cm³/mol. The van der Waals surface area contributed by atoms with Crippen LogP contribution in [-0.2, 0) is 13.7 Å². The Morgan fingerprint density at radius 2 is 1.47 bits per heavy atom. The van der Waals surface area contributed by atoms with Crippen molar-refractivity contribution in [3.63, 3.8) is 0 Å². The normalized spacial score (nSPS) is 13.7. The van der Waals surface area contributed by atoms with E-state index in [0.717, 1.165) is 0 Å². The van der Waals surface area contributed by atoms with Crippen molar-refractivity contribution in [1.29, 1.82) is 0 Å². The highest BCUT2D eigenvalue weighted by molar-refractivity contribution is 6.72. The highest BCUT2D eigenvalue weighted by Gasteiger charge is 2.23. The molecule has 88 valence electrons. The number of carbonyl (C=O) groups excluding carboxylic acids is 1. The molecule has 0 N–H and O–H groups in total. The Morgan fingerprint density at radius 3 is 1.80 bits per heavy atom. The van der Waals surface area contributed by atoms with E-state index in [1.807, 2.05) is 39.3 Å². The van der Waals surface area contributed by atoms with Gasteiger partial charge < -0.3 is 8.95 Å². The van der Waals surface area contributed by atoms with E-state index in [1.165, 1.54) is 0 Å². The molecule has 0 radical (unpaired) electrons. The summed E-state index contributed by atoms with van der Waals surface area (Å²) in [5.41, 5.74) is 0.292. The van der Waals surface area contributed by atoms with Gasteiger partial charge >= 0.3 is 5.97 Å². The van der Waals surface area contributed by atoms with Crippen molar-refractivity contribution in [3.8, 4) is 0 Å². The van der Waals surface area contributed by atoms with E-state index in [1.54, 1.807) is 6.92 Å². The van der Waals surface area contributed by atoms with Gasteiger partial charge in [-0.25, -0.2) is 4.79 Å². The van der Waals surface area contributed by atoms with Crippen molar-refractivity contribution in [2.24, 2.45) is 5.16 Å². The van der Waals surface area contributed by atoms with Gasteiger partial charge in [0.25, 0.3) is 8.32 Å². The second-order valence-electron chi connectivity index (χ2n) is 5.38. The van der Waals surface area contributed by atoms with Gasteiger partial charge in [0.05, 0.1) is 0 Å². The number of carbonyl (C=O) groups is 1. The van der Waals surface area contributed by atoms with Crippen LogP contribution in [0.3, 0.4) is 0 Å². The van der Waals surface area contributed by atoms with E-state index in [4.69, 9.17) is 8.95 Å². The third kappa shape index (κ3) is 8.37. The van der Waals surface area contributed by atoms with E-state index in [-0.39, 0.29) is 5.97 Å². The van der Waals surface area contributed by atoms with Crippen molar-refractivity contribution in [2.45, 2.75) is 46.2 Å². The first kappa shape index (κ1) is 14.4. The fraction of sp³-hybridized carbons (Fsp3) is 0.778. The summed E-state index contributed by atoms with van der Waals surface area (Å²) < 4.78 is 10.5. The number of hydrogen-bond acceptors (Lipinski definition) is 4. The van der Waals surface area contributed by atoms with Gasteiger partial charge in [0, 0.05) is 0 Å². The Balaban J connectivity index is 4.33. The minimum Gasteiger partial charge on any atom is -0.515 e. The Morgan fingerprint density at radius 1 is 1.00 bits per heavy atom. The summed E-state index contributed by atoms with van der Waals surface area (Å²) in [5, 5.41) is 3.81. The van der Waals surface area contributed by atoms with Gasteiger partial charge in [-0.15, -0.1) is 0 Å². The molecular formula is C9H21NO3Si2. The molecule has 0 aliphatic heterocycles. The lowest BCUT2D eigenvalue weighted by atomic mass is 10.4. The van der Waals surface area contributed by atoms with Crippen LogP contribution < -0.4 is 0 Å². The van der Waals surface area contributed by atoms with Crippen molar-refractivity contribution in [1.82, 2.24) is 0 Å². The molecule has 0 aromatic rings. The largest absolute Gasteiger partial charge is 0.515 e. The highest BCUT2D eigenvalue weighted by Crippen LogP contribution is 2.06. The van der Waals surface area contributed by atoms with Gasteiger partial charge in [0.1, 0.15) is 0 Å². The fourth-order valence-electron chi connectivity index (χ4n) is 0.595. The van der Waals surface area contributed by atoms with Gasteiger partial charge in [-0.2, -0.15) is 0 Å². The third-order valence-corrected chi connectivity index (χ3v) is 2.59. The summed E-state index contributed by atoms with van der Waals surface area (Å²) >= 11 is 0. The second kappa shape index (κ2) is 4.93. The molecule has 0 aromatic carbocycles. The topological polar surface area (TPSA) is 47.9 Å². The number of oxime groups is 1. The van der Waals surface area contributed by atoms with E-state index < -0.39 is 16.6 Å². The van der Waals surface area contributed by atoms with E-state index in [9.17, 15) is 4.79 Å². The Bertz CT molecular complexity index is 264. The Kier molecular flexibility index (Phi) is 4.73. The summed E-state index contributed by atoms with van der Waals surface area (Å²) in [6.45, 7) is 13.5. The highest BCUT2D eigenvalue weighted by atomic mass is 28.4. The zero-order chi connectivity index (χ0) is 12.3. The van der Waals surface area contributed by atoms with E-state index in [0.29, 0.717) is 5.71 Å². The predicted octanol–water partition coefficient (Wildman–Crippen LogP) is 2.59. The van der Waals surface area contributed by atoms with Gasteiger partial charge in [0.2, 0.25) is 8.32 Å². The minimum atomic E-state index is -1.83. The maximum atomic E-state index is 11.5. The smallest absolute Gasteiger partial charge is 0.342 e. The Hall–Kier alpha value is -0.626. The van der Waals surface area contributed by atoms with Crippen molar-refractivity contribution in [2.75, 3.05) is 0 Å². The molecule has 0 bridgehead atoms. The number of hydrogen-bond donors (Lipinski definition) is 0. The van der Waals surface area contributed by atoms with Crippen LogP contribution in [0.25, 0.3) is 0 Å². The molecule has 0 aromatic heterocycles. The van der Waals surface area contributed by atoms with Crippen LogP contribution in [-0.4, -0.2) is 28.3 Å². The van der Waals surface area contributed by atoms with Gasteiger partial charge in [-0.1, -0.05) is 5.16 Å². The van der Waals surface area contributed by atoms with Gasteiger partial charge in [-0.3, -0.25) is 0 Å². The average Bonchev–Trinajstić information content (AvgIpc) is 1.95. The molecule has 0 aliphatic rings. The van der Waals surface area contributed by atoms with Crippen molar-refractivity contribution < 1.29 is 13.7 Å². The van der Waals surface area contributed by atoms with E-state index >= 15 is 0 Å². The molecule has 0 fully saturated rings. The molecule has 0 atom stereocenters. The quantitative estimate of drug-likeness (QED) is 0.436. The summed E-state index contributed by atoms with van der Waals surface area (Å²) in [4.78, 5) is 11.5. The molecular weight excluding hydrogens is 226 g/mol. The number of nitrogens with zero attached hydrogens (tertiary/aromatic N) is 1. The standard InChI is InChI=1S/C9H21NO3Si2/c1-8(10-13-15(5,6)7)9(11)12-14(2,3)4/h1-7H3/b10-8-. The number of rotatable bonds is 4. The molecule has 0 amide bonds. The third-order valence-electron chi connectivity index (χ3n) is 1.15. The SMILES string of the molecule is C/C(=N/O[Si](C)(C)C)C(=O)O[Si](C)(C)C. The van der Waals surface area contributed by atoms with Crippen LogP contribution in [0.2, 0.25) is 39.3 Å². The molecule has 0 saturated heterocycles. The fourth-order valence-corrected chi connectivity index (χ4v) is 1.71. The van der Waals surface area contributed by atoms with Gasteiger partial charge in [-0.05, 0) is 46.2 Å². The van der Waals surface area contributed by atoms with Crippen LogP contribution in [0.1, 0.15) is 6.92 Å². The van der Waals surface area contributed by atoms with Crippen molar-refractivity contribution >= 4 is 28.3 Å². The average molecular weight is 247 g/mol. The van der Waals surface area contributed by atoms with Crippen LogP contribution in [0, 0.1) is 0 Å². The summed E-state index contributed by atoms with van der Waals surface area (Å²) in [6, 6.07) is 0. The molecule has 0 saturated carbocycles. The van der Waals surface area contributed by atoms with Gasteiger partial charge in [0.15, 0.2) is 5.71 Å². The molecule has 0 aliphatic carbocycles. The molecule has 0 spiro atoms. The maximum Gasteiger partial charge on any atom is 0.342 e. The first-order valence-electron chi connectivity index (χ1n) is 4.97. The zero-order valence-corrected chi connectivity index (χ0v) is 12.7. The summed E-state index contributed by atoms with van der Waals surface area (Å²) in [6.07, 6.45) is 0. The summed E-state index contributed by atoms with van der Waals surface area (Å²) in [5.74, 6) is -0.368. The lowest BCUT2D eigenvalue weighted by Gasteiger charge is -2.18. The van der Waals surface area contributed by atoms with Crippen LogP contribution >= 0.6 is 0 Å². The monoisotopic (exact) mass is 247 g/mol. The first-order valence-corrected chi connectivity index (χ1v) is 11.8. The van der Waals surface area contributed by atoms with E-state index in [2.05, 4.69) is 5.16 Å². The zero-order valence-electron chi connectivity index (χ0n) is 10.7.